The van der Waals surface area contributed by atoms with Crippen molar-refractivity contribution in [2.45, 2.75) is 95.3 Å². The third kappa shape index (κ3) is 12.2. The highest BCUT2D eigenvalue weighted by Gasteiger charge is 2.42. The molecule has 0 aromatic heterocycles. The Balaban J connectivity index is 1.63. The average Bonchev–Trinajstić information content (AvgIpc) is 3.25. The summed E-state index contributed by atoms with van der Waals surface area (Å²) in [5, 5.41) is 8.93. The van der Waals surface area contributed by atoms with Crippen LogP contribution in [0.25, 0.3) is 5.57 Å². The summed E-state index contributed by atoms with van der Waals surface area (Å²) in [5.41, 5.74) is 1.19. The smallest absolute Gasteiger partial charge is 0.303 e. The number of carboxylic acid groups (broad SMARTS) is 1. The third-order valence-electron chi connectivity index (χ3n) is 10.3. The topological polar surface area (TPSA) is 149 Å². The molecule has 9 nitrogen and oxygen atoms in total. The molecule has 2 unspecified atom stereocenters. The van der Waals surface area contributed by atoms with Crippen molar-refractivity contribution in [3.8, 4) is 0 Å². The van der Waals surface area contributed by atoms with Crippen LogP contribution in [0.5, 0.6) is 0 Å². The molecule has 306 valence electrons. The number of carbonyl (C=O) groups is 1. The van der Waals surface area contributed by atoms with E-state index in [-0.39, 0.29) is 49.0 Å². The number of benzene rings is 2. The maximum Gasteiger partial charge on any atom is 0.303 e. The standard InChI is InChI=1S/C41H49F4NO8S2/c1-41(24-11-13-27-55(49,50)51)31(22-21-30(16-5-2-3-8-20-34(47)48)35-36(41)38(43)40(45)39(44)37(35)42)17-7-4-6-15-29-23-26-46(25-12-14-28-56(52,53)54)33-19-10-9-18-32(29)33/h4,6-7,9-10,15,17-19,22-23,26,30H,2-3,5,8,11-14,16,20-21,24-25,27-28H2,1H3,(H,47,48)(H,49,50,51)(H,52,53,54)/b6-4+,17-7+,29-15+. The lowest BCUT2D eigenvalue weighted by Crippen LogP contribution is -2.29. The van der Waals surface area contributed by atoms with E-state index in [9.17, 15) is 30.6 Å². The number of rotatable bonds is 20. The van der Waals surface area contributed by atoms with E-state index >= 15 is 13.2 Å². The zero-order valence-corrected chi connectivity index (χ0v) is 32.9. The first-order valence-corrected chi connectivity index (χ1v) is 21.9. The van der Waals surface area contributed by atoms with E-state index in [1.54, 1.807) is 37.3 Å². The van der Waals surface area contributed by atoms with Gasteiger partial charge in [0.2, 0.25) is 0 Å². The Bertz CT molecular complexity index is 2110. The summed E-state index contributed by atoms with van der Waals surface area (Å²) >= 11 is 0. The lowest BCUT2D eigenvalue weighted by molar-refractivity contribution is -0.137. The molecule has 2 atom stereocenters. The number of halogens is 4. The molecule has 2 aromatic rings. The Hall–Kier alpha value is -4.05. The maximum atomic E-state index is 16.1. The van der Waals surface area contributed by atoms with E-state index in [0.29, 0.717) is 57.1 Å². The first-order chi connectivity index (χ1) is 26.4. The summed E-state index contributed by atoms with van der Waals surface area (Å²) in [7, 11) is -8.34. The molecule has 1 heterocycles. The minimum absolute atomic E-state index is 0.00310. The number of fused-ring (bicyclic) bond motifs is 2. The quantitative estimate of drug-likeness (QED) is 0.0296. The molecule has 3 N–H and O–H groups in total. The van der Waals surface area contributed by atoms with Gasteiger partial charge in [0.25, 0.3) is 20.2 Å². The first kappa shape index (κ1) is 44.7. The number of nitrogens with zero attached hydrogens (tertiary/aromatic N) is 1. The number of hydrogen-bond donors (Lipinski definition) is 3. The van der Waals surface area contributed by atoms with Crippen LogP contribution in [0.15, 0.2) is 78.6 Å². The van der Waals surface area contributed by atoms with E-state index in [2.05, 4.69) is 0 Å². The van der Waals surface area contributed by atoms with E-state index in [0.717, 1.165) is 16.8 Å². The van der Waals surface area contributed by atoms with Gasteiger partial charge in [-0.25, -0.2) is 17.6 Å². The van der Waals surface area contributed by atoms with Crippen LogP contribution >= 0.6 is 0 Å². The van der Waals surface area contributed by atoms with Crippen LogP contribution in [0.1, 0.15) is 107 Å². The highest BCUT2D eigenvalue weighted by atomic mass is 32.2. The minimum Gasteiger partial charge on any atom is -0.481 e. The Morgan fingerprint density at radius 3 is 2.20 bits per heavy atom. The van der Waals surface area contributed by atoms with E-state index in [1.807, 2.05) is 47.5 Å². The summed E-state index contributed by atoms with van der Waals surface area (Å²) in [6.07, 6.45) is 18.0. The number of anilines is 1. The van der Waals surface area contributed by atoms with Crippen LogP contribution in [-0.2, 0) is 30.4 Å². The van der Waals surface area contributed by atoms with Crippen LogP contribution in [0.3, 0.4) is 0 Å². The lowest BCUT2D eigenvalue weighted by atomic mass is 9.70. The van der Waals surface area contributed by atoms with Gasteiger partial charge in [-0.2, -0.15) is 16.8 Å². The van der Waals surface area contributed by atoms with Gasteiger partial charge in [0.1, 0.15) is 0 Å². The fourth-order valence-corrected chi connectivity index (χ4v) is 8.63. The third-order valence-corrected chi connectivity index (χ3v) is 11.9. The number of allylic oxidation sites excluding steroid dienone is 9. The summed E-state index contributed by atoms with van der Waals surface area (Å²) in [6, 6.07) is 7.67. The van der Waals surface area contributed by atoms with Gasteiger partial charge in [0, 0.05) is 47.0 Å². The van der Waals surface area contributed by atoms with Crippen molar-refractivity contribution < 1.29 is 53.4 Å². The fraction of sp³-hybridized carbons (Fsp3) is 0.439. The zero-order valence-electron chi connectivity index (χ0n) is 31.3. The highest BCUT2D eigenvalue weighted by Crippen LogP contribution is 2.49. The second-order valence-corrected chi connectivity index (χ2v) is 17.6. The van der Waals surface area contributed by atoms with Gasteiger partial charge in [-0.15, -0.1) is 0 Å². The molecule has 1 aliphatic heterocycles. The monoisotopic (exact) mass is 823 g/mol. The Morgan fingerprint density at radius 2 is 1.50 bits per heavy atom. The Labute approximate surface area is 326 Å². The molecule has 0 radical (unpaired) electrons. The SMILES string of the molecule is CC1(CCCCS(=O)(=O)O)C(/C=C/C=C/C=C2\C=CN(CCCCS(=O)(=O)O)c3ccccc32)=CCC(CCCCCCC(=O)O)c2c(F)c(F)c(F)c(F)c21. The van der Waals surface area contributed by atoms with Gasteiger partial charge in [-0.05, 0) is 74.2 Å². The number of aliphatic carboxylic acids is 1. The Morgan fingerprint density at radius 1 is 0.839 bits per heavy atom. The molecule has 2 aromatic carbocycles. The molecule has 0 saturated heterocycles. The van der Waals surface area contributed by atoms with Crippen molar-refractivity contribution in [2.75, 3.05) is 23.0 Å². The van der Waals surface area contributed by atoms with Crippen molar-refractivity contribution in [3.63, 3.8) is 0 Å². The molecule has 56 heavy (non-hydrogen) atoms. The first-order valence-electron chi connectivity index (χ1n) is 18.7. The zero-order chi connectivity index (χ0) is 41.1. The highest BCUT2D eigenvalue weighted by molar-refractivity contribution is 7.86. The van der Waals surface area contributed by atoms with Crippen molar-refractivity contribution in [2.24, 2.45) is 0 Å². The molecule has 1 aliphatic carbocycles. The lowest BCUT2D eigenvalue weighted by Gasteiger charge is -2.34. The van der Waals surface area contributed by atoms with E-state index < -0.39 is 66.6 Å². The number of para-hydroxylation sites is 1. The van der Waals surface area contributed by atoms with Crippen LogP contribution in [0.2, 0.25) is 0 Å². The van der Waals surface area contributed by atoms with Gasteiger partial charge in [-0.1, -0.05) is 87.3 Å². The molecule has 0 fully saturated rings. The van der Waals surface area contributed by atoms with Crippen molar-refractivity contribution in [3.05, 3.63) is 119 Å². The molecule has 2 aliphatic rings. The largest absolute Gasteiger partial charge is 0.481 e. The van der Waals surface area contributed by atoms with Crippen molar-refractivity contribution in [1.82, 2.24) is 0 Å². The van der Waals surface area contributed by atoms with Crippen LogP contribution in [0.4, 0.5) is 23.2 Å². The second kappa shape index (κ2) is 19.9. The van der Waals surface area contributed by atoms with Crippen molar-refractivity contribution in [1.29, 1.82) is 0 Å². The summed E-state index contributed by atoms with van der Waals surface area (Å²) < 4.78 is 125. The summed E-state index contributed by atoms with van der Waals surface area (Å²) in [5.74, 6) is -9.35. The summed E-state index contributed by atoms with van der Waals surface area (Å²) in [6.45, 7) is 2.13. The molecule has 15 heteroatoms. The minimum atomic E-state index is -4.30. The van der Waals surface area contributed by atoms with E-state index in [4.69, 9.17) is 9.66 Å². The van der Waals surface area contributed by atoms with Crippen LogP contribution in [0, 0.1) is 23.3 Å². The van der Waals surface area contributed by atoms with Gasteiger partial charge in [0.15, 0.2) is 23.3 Å². The predicted octanol–water partition coefficient (Wildman–Crippen LogP) is 9.60. The molecule has 0 bridgehead atoms. The predicted molar refractivity (Wildman–Crippen MR) is 210 cm³/mol. The van der Waals surface area contributed by atoms with Gasteiger partial charge >= 0.3 is 5.97 Å². The van der Waals surface area contributed by atoms with Crippen LogP contribution < -0.4 is 4.90 Å². The molecular formula is C41H49F4NO8S2. The maximum absolute atomic E-state index is 16.1. The van der Waals surface area contributed by atoms with E-state index in [1.165, 1.54) is 0 Å². The molecule has 0 amide bonds. The molecule has 4 rings (SSSR count). The number of carboxylic acids is 1. The average molecular weight is 824 g/mol. The van der Waals surface area contributed by atoms with Gasteiger partial charge in [0.05, 0.1) is 11.5 Å². The van der Waals surface area contributed by atoms with Gasteiger partial charge in [-0.3, -0.25) is 13.9 Å². The number of hydrogen-bond acceptors (Lipinski definition) is 6. The van der Waals surface area contributed by atoms with Crippen LogP contribution in [-0.4, -0.2) is 55.1 Å². The number of unbranched alkanes of at least 4 members (excludes halogenated alkanes) is 5. The fourth-order valence-electron chi connectivity index (χ4n) is 7.49. The normalized spacial score (nSPS) is 19.4. The second-order valence-electron chi connectivity index (χ2n) is 14.4. The Kier molecular flexibility index (Phi) is 15.9. The molecule has 0 spiro atoms. The molecule has 0 saturated carbocycles. The van der Waals surface area contributed by atoms with Gasteiger partial charge < -0.3 is 10.0 Å². The molecular weight excluding hydrogens is 775 g/mol. The summed E-state index contributed by atoms with van der Waals surface area (Å²) in [4.78, 5) is 12.9. The van der Waals surface area contributed by atoms with Crippen molar-refractivity contribution >= 4 is 37.5 Å².